The van der Waals surface area contributed by atoms with Gasteiger partial charge in [-0.1, -0.05) is 121 Å². The molecule has 0 spiro atoms. The summed E-state index contributed by atoms with van der Waals surface area (Å²) in [6.07, 6.45) is 2.19. The number of aromatic amines is 4. The van der Waals surface area contributed by atoms with Gasteiger partial charge in [0.2, 0.25) is 0 Å². The summed E-state index contributed by atoms with van der Waals surface area (Å²) in [5, 5.41) is 4.16. The molecule has 48 heavy (non-hydrogen) atoms. The largest absolute Gasteiger partial charge is 0.355 e. The van der Waals surface area contributed by atoms with Crippen molar-refractivity contribution in [3.63, 3.8) is 0 Å². The van der Waals surface area contributed by atoms with E-state index in [1.165, 1.54) is 0 Å². The second-order valence-corrected chi connectivity index (χ2v) is 12.1. The Morgan fingerprint density at radius 1 is 0.333 bits per heavy atom. The van der Waals surface area contributed by atoms with E-state index < -0.39 is 0 Å². The lowest BCUT2D eigenvalue weighted by atomic mass is 9.99. The Kier molecular flexibility index (Phi) is 6.76. The van der Waals surface area contributed by atoms with Crippen LogP contribution in [-0.2, 0) is 0 Å². The van der Waals surface area contributed by atoms with Crippen LogP contribution in [0.3, 0.4) is 0 Å². The summed E-state index contributed by atoms with van der Waals surface area (Å²) in [6.45, 7) is 0. The van der Waals surface area contributed by atoms with Crippen molar-refractivity contribution >= 4 is 22.8 Å². The Labute approximate surface area is 277 Å². The first-order valence-electron chi connectivity index (χ1n) is 16.3. The maximum atomic E-state index is 3.88. The summed E-state index contributed by atoms with van der Waals surface area (Å²) in [4.78, 5) is 15.3. The van der Waals surface area contributed by atoms with Crippen molar-refractivity contribution in [1.82, 2.24) is 19.9 Å². The third kappa shape index (κ3) is 4.97. The normalized spacial score (nSPS) is 12.6. The van der Waals surface area contributed by atoms with E-state index in [0.717, 1.165) is 88.7 Å². The number of aromatic nitrogens is 4. The topological polar surface area (TPSA) is 63.2 Å². The molecule has 0 fully saturated rings. The minimum absolute atomic E-state index is 1.02. The minimum Gasteiger partial charge on any atom is -0.355 e. The third-order valence-electron chi connectivity index (χ3n) is 9.10. The van der Waals surface area contributed by atoms with Gasteiger partial charge in [0, 0.05) is 61.1 Å². The molecule has 4 N–H and O–H groups in total. The number of rotatable bonds is 4. The number of hydrogen-bond acceptors (Lipinski definition) is 0. The minimum atomic E-state index is 1.02. The highest BCUT2D eigenvalue weighted by atomic mass is 14.8. The quantitative estimate of drug-likeness (QED) is 0.173. The summed E-state index contributed by atoms with van der Waals surface area (Å²) in [5.74, 6) is 0. The molecule has 0 saturated heterocycles. The molecule has 0 saturated carbocycles. The average Bonchev–Trinajstić information content (AvgIpc) is 3.97. The molecule has 5 heterocycles. The van der Waals surface area contributed by atoms with Crippen LogP contribution in [0, 0.1) is 0 Å². The van der Waals surface area contributed by atoms with Gasteiger partial charge in [0.05, 0.1) is 5.35 Å². The Morgan fingerprint density at radius 2 is 0.792 bits per heavy atom. The molecule has 0 radical (unpaired) electrons. The van der Waals surface area contributed by atoms with Gasteiger partial charge >= 0.3 is 0 Å². The standard InChI is InChI=1S/C44H32N4/c1-5-13-29(14-6-1)35-28-34-27-33-21-22-36(45-33)41(30-15-7-2-8-16-30)37-23-24-38(47-37)42(31-17-9-3-10-18-31)39-25-26-40(48-39)43(44(35)46-34)32-19-11-4-12-20-32/h1-28,45-48H. The van der Waals surface area contributed by atoms with Crippen LogP contribution < -0.4 is 21.4 Å². The van der Waals surface area contributed by atoms with Crippen LogP contribution in [0.15, 0.2) is 164 Å². The van der Waals surface area contributed by atoms with E-state index in [1.54, 1.807) is 0 Å². The Balaban J connectivity index is 1.44. The van der Waals surface area contributed by atoms with Crippen molar-refractivity contribution in [2.75, 3.05) is 0 Å². The van der Waals surface area contributed by atoms with Gasteiger partial charge in [-0.15, -0.1) is 0 Å². The van der Waals surface area contributed by atoms with E-state index in [9.17, 15) is 0 Å². The summed E-state index contributed by atoms with van der Waals surface area (Å²) in [6, 6.07) is 57.9. The van der Waals surface area contributed by atoms with Gasteiger partial charge < -0.3 is 19.9 Å². The van der Waals surface area contributed by atoms with E-state index in [0.29, 0.717) is 0 Å². The monoisotopic (exact) mass is 616 g/mol. The first-order chi connectivity index (χ1) is 23.8. The van der Waals surface area contributed by atoms with Gasteiger partial charge in [-0.3, -0.25) is 0 Å². The summed E-state index contributed by atoms with van der Waals surface area (Å²) < 4.78 is 0. The van der Waals surface area contributed by atoms with Gasteiger partial charge in [-0.05, 0) is 70.8 Å². The molecule has 1 aliphatic rings. The van der Waals surface area contributed by atoms with E-state index in [2.05, 4.69) is 190 Å². The number of hydrogen-bond donors (Lipinski definition) is 4. The molecule has 9 rings (SSSR count). The Bertz CT molecular complexity index is 2630. The molecule has 4 aromatic carbocycles. The second-order valence-electron chi connectivity index (χ2n) is 12.1. The fraction of sp³-hybridized carbons (Fsp3) is 0. The van der Waals surface area contributed by atoms with Crippen LogP contribution in [0.4, 0.5) is 0 Å². The average molecular weight is 617 g/mol. The molecule has 4 aromatic heterocycles. The van der Waals surface area contributed by atoms with Gasteiger partial charge in [-0.25, -0.2) is 0 Å². The third-order valence-corrected chi connectivity index (χ3v) is 9.10. The van der Waals surface area contributed by atoms with Crippen molar-refractivity contribution in [2.24, 2.45) is 0 Å². The zero-order chi connectivity index (χ0) is 31.9. The van der Waals surface area contributed by atoms with Crippen molar-refractivity contribution < 1.29 is 0 Å². The van der Waals surface area contributed by atoms with Crippen LogP contribution >= 0.6 is 0 Å². The highest BCUT2D eigenvalue weighted by Crippen LogP contribution is 2.27. The smallest absolute Gasteiger partial charge is 0.0565 e. The zero-order valence-electron chi connectivity index (χ0n) is 26.2. The SMILES string of the molecule is C1=c2cc(-c3ccccc3)c([nH]2)=C(c2ccccc2)c2ccc([nH]2)C(c2ccccc2)=c2ccc([nH]2)=C(c2ccccc2)c2ccc1[nH]2. The summed E-state index contributed by atoms with van der Waals surface area (Å²) >= 11 is 0. The fourth-order valence-electron chi connectivity index (χ4n) is 6.94. The molecule has 228 valence electrons. The van der Waals surface area contributed by atoms with Crippen LogP contribution in [0.5, 0.6) is 0 Å². The molecule has 0 aliphatic carbocycles. The lowest BCUT2D eigenvalue weighted by Crippen LogP contribution is -2.18. The maximum absolute atomic E-state index is 3.88. The van der Waals surface area contributed by atoms with Crippen LogP contribution in [0.1, 0.15) is 39.5 Å². The van der Waals surface area contributed by atoms with Crippen LogP contribution in [-0.4, -0.2) is 19.9 Å². The van der Waals surface area contributed by atoms with Crippen molar-refractivity contribution in [3.05, 3.63) is 225 Å². The van der Waals surface area contributed by atoms with E-state index in [1.807, 2.05) is 0 Å². The molecular formula is C44H32N4. The first kappa shape index (κ1) is 27.8. The fourth-order valence-corrected chi connectivity index (χ4v) is 6.94. The van der Waals surface area contributed by atoms with Crippen molar-refractivity contribution in [3.8, 4) is 11.1 Å². The Morgan fingerprint density at radius 3 is 1.35 bits per heavy atom. The molecule has 8 aromatic rings. The molecule has 1 aliphatic heterocycles. The van der Waals surface area contributed by atoms with E-state index >= 15 is 0 Å². The van der Waals surface area contributed by atoms with Gasteiger partial charge in [0.15, 0.2) is 0 Å². The van der Waals surface area contributed by atoms with E-state index in [-0.39, 0.29) is 0 Å². The molecule has 0 unspecified atom stereocenters. The van der Waals surface area contributed by atoms with Gasteiger partial charge in [0.1, 0.15) is 0 Å². The second kappa shape index (κ2) is 11.7. The number of nitrogens with one attached hydrogen (secondary N) is 4. The van der Waals surface area contributed by atoms with Crippen LogP contribution in [0.2, 0.25) is 0 Å². The lowest BCUT2D eigenvalue weighted by molar-refractivity contribution is 1.20. The highest BCUT2D eigenvalue weighted by molar-refractivity contribution is 5.85. The van der Waals surface area contributed by atoms with E-state index in [4.69, 9.17) is 0 Å². The predicted octanol–water partition coefficient (Wildman–Crippen LogP) is 6.55. The molecular weight excluding hydrogens is 585 g/mol. The lowest BCUT2D eigenvalue weighted by Gasteiger charge is -2.09. The summed E-state index contributed by atoms with van der Waals surface area (Å²) in [5.41, 5.74) is 13.2. The molecule has 4 nitrogen and oxygen atoms in total. The maximum Gasteiger partial charge on any atom is 0.0565 e. The molecule has 4 heteroatoms. The van der Waals surface area contributed by atoms with Gasteiger partial charge in [-0.2, -0.15) is 0 Å². The molecule has 8 bridgehead atoms. The number of H-pyrrole nitrogens is 4. The van der Waals surface area contributed by atoms with Crippen molar-refractivity contribution in [2.45, 2.75) is 0 Å². The van der Waals surface area contributed by atoms with Crippen LogP contribution in [0.25, 0.3) is 33.9 Å². The number of benzene rings is 4. The van der Waals surface area contributed by atoms with Gasteiger partial charge in [0.25, 0.3) is 0 Å². The molecule has 0 atom stereocenters. The number of fused-ring (bicyclic) bond motifs is 8. The highest BCUT2D eigenvalue weighted by Gasteiger charge is 2.17. The van der Waals surface area contributed by atoms with Crippen molar-refractivity contribution in [1.29, 1.82) is 0 Å². The first-order valence-corrected chi connectivity index (χ1v) is 16.3. The Hall–Kier alpha value is -6.52. The summed E-state index contributed by atoms with van der Waals surface area (Å²) in [7, 11) is 0. The zero-order valence-corrected chi connectivity index (χ0v) is 26.2. The molecule has 0 amide bonds. The predicted molar refractivity (Wildman–Crippen MR) is 195 cm³/mol.